The Morgan fingerprint density at radius 2 is 2.18 bits per heavy atom. The lowest BCUT2D eigenvalue weighted by Gasteiger charge is -2.04. The van der Waals surface area contributed by atoms with E-state index in [1.165, 1.54) is 13.2 Å². The van der Waals surface area contributed by atoms with Crippen molar-refractivity contribution in [1.29, 1.82) is 0 Å². The van der Waals surface area contributed by atoms with E-state index in [0.717, 1.165) is 3.57 Å². The number of methoxy groups -OCH3 is 1. The molecule has 0 aliphatic carbocycles. The number of rotatable bonds is 1. The van der Waals surface area contributed by atoms with Gasteiger partial charge in [-0.1, -0.05) is 0 Å². The van der Waals surface area contributed by atoms with Crippen molar-refractivity contribution in [1.82, 2.24) is 0 Å². The lowest BCUT2D eigenvalue weighted by Crippen LogP contribution is -1.90. The largest absolute Gasteiger partial charge is 0.492 e. The molecule has 11 heavy (non-hydrogen) atoms. The second kappa shape index (κ2) is 3.71. The molecule has 4 heteroatoms. The molecule has 0 amide bonds. The van der Waals surface area contributed by atoms with Gasteiger partial charge in [0.05, 0.1) is 11.6 Å². The molecule has 0 aliphatic rings. The van der Waals surface area contributed by atoms with Crippen molar-refractivity contribution in [2.24, 2.45) is 0 Å². The molecule has 0 aromatic heterocycles. The van der Waals surface area contributed by atoms with E-state index in [4.69, 9.17) is 4.74 Å². The number of hydrogen-bond acceptors (Lipinski definition) is 1. The molecule has 1 rings (SSSR count). The minimum absolute atomic E-state index is 0.261. The molecule has 0 spiro atoms. The van der Waals surface area contributed by atoms with Crippen molar-refractivity contribution >= 4 is 38.5 Å². The van der Waals surface area contributed by atoms with E-state index in [0.29, 0.717) is 4.47 Å². The van der Waals surface area contributed by atoms with Crippen LogP contribution in [-0.4, -0.2) is 7.11 Å². The van der Waals surface area contributed by atoms with Crippen molar-refractivity contribution in [2.75, 3.05) is 7.11 Å². The fourth-order valence-corrected chi connectivity index (χ4v) is 1.60. The molecule has 60 valence electrons. The van der Waals surface area contributed by atoms with Gasteiger partial charge in [-0.2, -0.15) is 0 Å². The van der Waals surface area contributed by atoms with Crippen LogP contribution in [0.5, 0.6) is 5.75 Å². The third-order valence-corrected chi connectivity index (χ3v) is 3.63. The highest BCUT2D eigenvalue weighted by atomic mass is 127. The molecule has 0 aliphatic heterocycles. The van der Waals surface area contributed by atoms with Gasteiger partial charge in [-0.15, -0.1) is 0 Å². The summed E-state index contributed by atoms with van der Waals surface area (Å²) >= 11 is 5.32. The van der Waals surface area contributed by atoms with Crippen molar-refractivity contribution in [2.45, 2.75) is 0 Å². The van der Waals surface area contributed by atoms with Crippen LogP contribution in [0.1, 0.15) is 0 Å². The zero-order chi connectivity index (χ0) is 8.43. The Labute approximate surface area is 86.2 Å². The Morgan fingerprint density at radius 3 is 2.64 bits per heavy atom. The van der Waals surface area contributed by atoms with Gasteiger partial charge >= 0.3 is 0 Å². The summed E-state index contributed by atoms with van der Waals surface area (Å²) in [6.45, 7) is 0. The molecular weight excluding hydrogens is 326 g/mol. The number of ether oxygens (including phenoxy) is 1. The molecule has 1 nitrogen and oxygen atoms in total. The standard InChI is InChI=1S/C7H5BrFIO/c1-11-7-4(9)2-3-5(10)6(7)8/h2-3H,1H3. The van der Waals surface area contributed by atoms with Gasteiger partial charge in [-0.05, 0) is 50.7 Å². The lowest BCUT2D eigenvalue weighted by molar-refractivity contribution is 0.383. The van der Waals surface area contributed by atoms with E-state index >= 15 is 0 Å². The fraction of sp³-hybridized carbons (Fsp3) is 0.143. The first-order chi connectivity index (χ1) is 5.16. The van der Waals surface area contributed by atoms with Gasteiger partial charge in [0, 0.05) is 3.57 Å². The molecular formula is C7H5BrFIO. The van der Waals surface area contributed by atoms with Crippen LogP contribution in [0.2, 0.25) is 0 Å². The second-order valence-corrected chi connectivity index (χ2v) is 3.83. The molecule has 0 unspecified atom stereocenters. The summed E-state index contributed by atoms with van der Waals surface area (Å²) in [5.41, 5.74) is 0. The highest BCUT2D eigenvalue weighted by molar-refractivity contribution is 14.1. The van der Waals surface area contributed by atoms with E-state index in [9.17, 15) is 4.39 Å². The molecule has 0 heterocycles. The highest BCUT2D eigenvalue weighted by Crippen LogP contribution is 2.31. The fourth-order valence-electron chi connectivity index (χ4n) is 0.696. The number of benzene rings is 1. The van der Waals surface area contributed by atoms with Gasteiger partial charge in [0.1, 0.15) is 0 Å². The Morgan fingerprint density at radius 1 is 1.55 bits per heavy atom. The monoisotopic (exact) mass is 330 g/mol. The maximum Gasteiger partial charge on any atom is 0.169 e. The van der Waals surface area contributed by atoms with Crippen molar-refractivity contribution in [3.8, 4) is 5.75 Å². The van der Waals surface area contributed by atoms with Gasteiger partial charge in [-0.3, -0.25) is 0 Å². The van der Waals surface area contributed by atoms with Crippen LogP contribution in [0, 0.1) is 9.39 Å². The molecule has 0 bridgehead atoms. The summed E-state index contributed by atoms with van der Waals surface area (Å²) in [5, 5.41) is 0. The van der Waals surface area contributed by atoms with Crippen LogP contribution in [0.25, 0.3) is 0 Å². The summed E-state index contributed by atoms with van der Waals surface area (Å²) < 4.78 is 19.3. The van der Waals surface area contributed by atoms with Crippen LogP contribution in [0.4, 0.5) is 4.39 Å². The summed E-state index contributed by atoms with van der Waals surface area (Å²) in [5.74, 6) is -0.0864. The van der Waals surface area contributed by atoms with Gasteiger partial charge in [0.15, 0.2) is 11.6 Å². The maximum absolute atomic E-state index is 12.9. The van der Waals surface area contributed by atoms with E-state index in [1.807, 2.05) is 0 Å². The average molecular weight is 331 g/mol. The Balaban J connectivity index is 3.29. The summed E-state index contributed by atoms with van der Waals surface area (Å²) in [6, 6.07) is 3.06. The first-order valence-corrected chi connectivity index (χ1v) is 4.71. The third kappa shape index (κ3) is 1.84. The molecule has 0 saturated carbocycles. The normalized spacial score (nSPS) is 9.82. The van der Waals surface area contributed by atoms with Crippen LogP contribution >= 0.6 is 38.5 Å². The smallest absolute Gasteiger partial charge is 0.169 e. The van der Waals surface area contributed by atoms with E-state index < -0.39 is 0 Å². The molecule has 1 aromatic rings. The van der Waals surface area contributed by atoms with Gasteiger partial charge in [0.2, 0.25) is 0 Å². The van der Waals surface area contributed by atoms with Gasteiger partial charge < -0.3 is 4.74 Å². The lowest BCUT2D eigenvalue weighted by atomic mass is 10.3. The van der Waals surface area contributed by atoms with E-state index in [2.05, 4.69) is 38.5 Å². The molecule has 0 radical (unpaired) electrons. The SMILES string of the molecule is COc1c(F)ccc(I)c1Br. The second-order valence-electron chi connectivity index (χ2n) is 1.88. The molecule has 0 saturated heterocycles. The van der Waals surface area contributed by atoms with Crippen LogP contribution in [0.15, 0.2) is 16.6 Å². The average Bonchev–Trinajstić information content (AvgIpc) is 1.99. The first kappa shape index (κ1) is 9.25. The van der Waals surface area contributed by atoms with E-state index in [-0.39, 0.29) is 11.6 Å². The predicted molar refractivity (Wildman–Crippen MR) is 53.4 cm³/mol. The highest BCUT2D eigenvalue weighted by Gasteiger charge is 2.09. The third-order valence-electron chi connectivity index (χ3n) is 1.21. The Hall–Kier alpha value is 0.160. The maximum atomic E-state index is 12.9. The Bertz CT molecular complexity index is 277. The first-order valence-electron chi connectivity index (χ1n) is 2.84. The molecule has 0 fully saturated rings. The topological polar surface area (TPSA) is 9.23 Å². The minimum Gasteiger partial charge on any atom is -0.492 e. The zero-order valence-electron chi connectivity index (χ0n) is 5.70. The number of halogens is 3. The van der Waals surface area contributed by atoms with Gasteiger partial charge in [-0.25, -0.2) is 4.39 Å². The summed E-state index contributed by atoms with van der Waals surface area (Å²) in [4.78, 5) is 0. The van der Waals surface area contributed by atoms with Crippen LogP contribution in [0.3, 0.4) is 0 Å². The zero-order valence-corrected chi connectivity index (χ0v) is 9.44. The van der Waals surface area contributed by atoms with Crippen molar-refractivity contribution in [3.05, 3.63) is 26.0 Å². The molecule has 1 aromatic carbocycles. The summed E-state index contributed by atoms with van der Waals surface area (Å²) in [6.07, 6.45) is 0. The predicted octanol–water partition coefficient (Wildman–Crippen LogP) is 3.20. The number of hydrogen-bond donors (Lipinski definition) is 0. The van der Waals surface area contributed by atoms with Gasteiger partial charge in [0.25, 0.3) is 0 Å². The van der Waals surface area contributed by atoms with Crippen LogP contribution < -0.4 is 4.74 Å². The van der Waals surface area contributed by atoms with Crippen molar-refractivity contribution in [3.63, 3.8) is 0 Å². The summed E-state index contributed by atoms with van der Waals surface area (Å²) in [7, 11) is 1.44. The minimum atomic E-state index is -0.347. The Kier molecular flexibility index (Phi) is 3.12. The quantitative estimate of drug-likeness (QED) is 0.567. The molecule has 0 atom stereocenters. The van der Waals surface area contributed by atoms with Crippen LogP contribution in [-0.2, 0) is 0 Å². The van der Waals surface area contributed by atoms with E-state index in [1.54, 1.807) is 6.07 Å². The van der Waals surface area contributed by atoms with Crippen molar-refractivity contribution < 1.29 is 9.13 Å². The molecule has 0 N–H and O–H groups in total.